The summed E-state index contributed by atoms with van der Waals surface area (Å²) in [5.74, 6) is 0.945. The monoisotopic (exact) mass is 464 g/mol. The summed E-state index contributed by atoms with van der Waals surface area (Å²) in [6.45, 7) is 0. The van der Waals surface area contributed by atoms with E-state index in [2.05, 4.69) is 25.3 Å². The lowest BCUT2D eigenvalue weighted by atomic mass is 9.61. The number of halogens is 1. The van der Waals surface area contributed by atoms with Crippen molar-refractivity contribution in [2.75, 3.05) is 5.32 Å². The highest BCUT2D eigenvalue weighted by atomic mass is 35.5. The molecule has 0 spiro atoms. The van der Waals surface area contributed by atoms with E-state index in [4.69, 9.17) is 21.6 Å². The molecule has 4 aromatic heterocycles. The summed E-state index contributed by atoms with van der Waals surface area (Å²) in [5, 5.41) is 13.7. The molecule has 1 unspecified atom stereocenters. The second-order valence-corrected chi connectivity index (χ2v) is 9.09. The van der Waals surface area contributed by atoms with Crippen LogP contribution in [0, 0.1) is 17.8 Å². The molecule has 168 valence electrons. The molecule has 4 heterocycles. The molecule has 7 rings (SSSR count). The summed E-state index contributed by atoms with van der Waals surface area (Å²) in [6.07, 6.45) is 12.4. The van der Waals surface area contributed by atoms with E-state index in [1.54, 1.807) is 29.5 Å². The Kier molecular flexibility index (Phi) is 4.75. The third-order valence-corrected chi connectivity index (χ3v) is 7.07. The van der Waals surface area contributed by atoms with E-state index < -0.39 is 11.9 Å². The van der Waals surface area contributed by atoms with Gasteiger partial charge in [0, 0.05) is 30.7 Å². The zero-order valence-corrected chi connectivity index (χ0v) is 18.3. The molecule has 3 saturated carbocycles. The topological polar surface area (TPSA) is 134 Å². The van der Waals surface area contributed by atoms with Crippen LogP contribution < -0.4 is 5.32 Å². The molecule has 0 aromatic carbocycles. The molecule has 3 N–H and O–H groups in total. The third kappa shape index (κ3) is 3.50. The summed E-state index contributed by atoms with van der Waals surface area (Å²) in [6, 6.07) is 1.64. The van der Waals surface area contributed by atoms with Gasteiger partial charge in [-0.05, 0) is 37.5 Å². The van der Waals surface area contributed by atoms with E-state index in [1.807, 2.05) is 6.07 Å². The molecule has 0 radical (unpaired) electrons. The largest absolute Gasteiger partial charge is 0.481 e. The number of aromatic amines is 1. The molecule has 33 heavy (non-hydrogen) atoms. The number of carboxylic acids is 1. The summed E-state index contributed by atoms with van der Waals surface area (Å²) in [4.78, 5) is 37.5. The number of hydrogen-bond donors (Lipinski definition) is 3. The maximum absolute atomic E-state index is 12.1. The van der Waals surface area contributed by atoms with Crippen molar-refractivity contribution in [2.45, 2.75) is 31.7 Å². The van der Waals surface area contributed by atoms with Crippen LogP contribution in [0.4, 0.5) is 5.82 Å². The van der Waals surface area contributed by atoms with E-state index in [0.29, 0.717) is 40.1 Å². The number of carbonyl (C=O) groups is 1. The zero-order valence-electron chi connectivity index (χ0n) is 17.5. The van der Waals surface area contributed by atoms with Crippen LogP contribution in [-0.4, -0.2) is 51.6 Å². The number of nitrogens with one attached hydrogen (secondary N) is 2. The van der Waals surface area contributed by atoms with Crippen molar-refractivity contribution in [1.29, 1.82) is 0 Å². The average molecular weight is 465 g/mol. The van der Waals surface area contributed by atoms with Crippen LogP contribution in [0.1, 0.15) is 25.7 Å². The number of aromatic nitrogens is 7. The molecular weight excluding hydrogens is 444 g/mol. The van der Waals surface area contributed by atoms with E-state index in [1.165, 1.54) is 6.20 Å². The first kappa shape index (κ1) is 20.1. The molecule has 11 heteroatoms. The smallest absolute Gasteiger partial charge is 0.308 e. The molecule has 0 saturated heterocycles. The molecule has 2 atom stereocenters. The van der Waals surface area contributed by atoms with Gasteiger partial charge < -0.3 is 15.4 Å². The average Bonchev–Trinajstić information content (AvgIpc) is 3.49. The van der Waals surface area contributed by atoms with Gasteiger partial charge in [-0.2, -0.15) is 0 Å². The number of carboxylic acid groups (broad SMARTS) is 1. The molecule has 3 aliphatic rings. The number of anilines is 1. The second kappa shape index (κ2) is 7.80. The highest BCUT2D eigenvalue weighted by Crippen LogP contribution is 2.46. The second-order valence-electron chi connectivity index (χ2n) is 8.71. The normalized spacial score (nSPS) is 24.3. The van der Waals surface area contributed by atoms with E-state index in [0.717, 1.165) is 25.7 Å². The van der Waals surface area contributed by atoms with Gasteiger partial charge >= 0.3 is 5.97 Å². The van der Waals surface area contributed by atoms with Crippen LogP contribution in [0.5, 0.6) is 0 Å². The Morgan fingerprint density at radius 3 is 2.76 bits per heavy atom. The lowest BCUT2D eigenvalue weighted by Gasteiger charge is -2.47. The summed E-state index contributed by atoms with van der Waals surface area (Å²) < 4.78 is 1.78. The summed E-state index contributed by atoms with van der Waals surface area (Å²) in [5.41, 5.74) is 1.80. The molecule has 4 aromatic rings. The number of fused-ring (bicyclic) bond motifs is 4. The maximum Gasteiger partial charge on any atom is 0.308 e. The van der Waals surface area contributed by atoms with Crippen LogP contribution in [0.3, 0.4) is 0 Å². The molecule has 2 bridgehead atoms. The first-order valence-corrected chi connectivity index (χ1v) is 11.3. The van der Waals surface area contributed by atoms with Crippen molar-refractivity contribution in [3.8, 4) is 17.2 Å². The number of nitrogens with zero attached hydrogens (tertiary/aromatic N) is 6. The minimum absolute atomic E-state index is 0.175. The highest BCUT2D eigenvalue weighted by molar-refractivity contribution is 6.29. The molecule has 10 nitrogen and oxygen atoms in total. The minimum atomic E-state index is -0.743. The maximum atomic E-state index is 12.1. The van der Waals surface area contributed by atoms with Crippen LogP contribution in [-0.2, 0) is 4.79 Å². The van der Waals surface area contributed by atoms with Gasteiger partial charge in [-0.15, -0.1) is 0 Å². The van der Waals surface area contributed by atoms with Crippen LogP contribution in [0.2, 0.25) is 5.15 Å². The summed E-state index contributed by atoms with van der Waals surface area (Å²) in [7, 11) is 0. The van der Waals surface area contributed by atoms with Crippen molar-refractivity contribution < 1.29 is 9.90 Å². The van der Waals surface area contributed by atoms with Crippen molar-refractivity contribution in [3.05, 3.63) is 42.3 Å². The Labute approximate surface area is 193 Å². The Balaban J connectivity index is 1.45. The van der Waals surface area contributed by atoms with Crippen molar-refractivity contribution in [3.63, 3.8) is 0 Å². The van der Waals surface area contributed by atoms with Crippen LogP contribution in [0.15, 0.2) is 37.2 Å². The SMILES string of the molecule is O=C(O)[C@H]1C2CCC(CC2)C1Nc1cc(-n2ccnc2)nc(-c2c[nH]c3ncc(Cl)nc23)n1. The van der Waals surface area contributed by atoms with Gasteiger partial charge in [-0.25, -0.2) is 24.9 Å². The van der Waals surface area contributed by atoms with Gasteiger partial charge in [0.1, 0.15) is 28.6 Å². The lowest BCUT2D eigenvalue weighted by molar-refractivity contribution is -0.148. The minimum Gasteiger partial charge on any atom is -0.481 e. The molecule has 3 aliphatic carbocycles. The first-order chi connectivity index (χ1) is 16.1. The Morgan fingerprint density at radius 1 is 1.18 bits per heavy atom. The van der Waals surface area contributed by atoms with E-state index in [-0.39, 0.29) is 17.1 Å². The van der Waals surface area contributed by atoms with Gasteiger partial charge in [0.15, 0.2) is 11.5 Å². The zero-order chi connectivity index (χ0) is 22.5. The van der Waals surface area contributed by atoms with Gasteiger partial charge in [-0.1, -0.05) is 11.6 Å². The predicted molar refractivity (Wildman–Crippen MR) is 121 cm³/mol. The number of H-pyrrole nitrogens is 1. The van der Waals surface area contributed by atoms with Crippen molar-refractivity contribution in [2.24, 2.45) is 17.8 Å². The Bertz CT molecular complexity index is 1330. The van der Waals surface area contributed by atoms with Crippen LogP contribution in [0.25, 0.3) is 28.4 Å². The number of aliphatic carboxylic acids is 1. The van der Waals surface area contributed by atoms with Crippen LogP contribution >= 0.6 is 11.6 Å². The number of rotatable bonds is 5. The van der Waals surface area contributed by atoms with Crippen molar-refractivity contribution in [1.82, 2.24) is 34.5 Å². The fraction of sp³-hybridized carbons (Fsp3) is 0.364. The molecule has 0 amide bonds. The number of imidazole rings is 1. The predicted octanol–water partition coefficient (Wildman–Crippen LogP) is 3.56. The summed E-state index contributed by atoms with van der Waals surface area (Å²) >= 11 is 6.08. The first-order valence-electron chi connectivity index (χ1n) is 10.9. The highest BCUT2D eigenvalue weighted by Gasteiger charge is 2.47. The van der Waals surface area contributed by atoms with Crippen molar-refractivity contribution >= 4 is 34.6 Å². The molecule has 3 fully saturated rings. The molecule has 0 aliphatic heterocycles. The molecular formula is C22H21ClN8O2. The Hall–Kier alpha value is -3.53. The van der Waals surface area contributed by atoms with Gasteiger partial charge in [0.05, 0.1) is 17.7 Å². The van der Waals surface area contributed by atoms with Gasteiger partial charge in [-0.3, -0.25) is 9.36 Å². The van der Waals surface area contributed by atoms with Gasteiger partial charge in [0.2, 0.25) is 0 Å². The fourth-order valence-electron chi connectivity index (χ4n) is 5.38. The van der Waals surface area contributed by atoms with Gasteiger partial charge in [0.25, 0.3) is 0 Å². The number of hydrogen-bond acceptors (Lipinski definition) is 7. The third-order valence-electron chi connectivity index (χ3n) is 6.89. The Morgan fingerprint density at radius 2 is 2.00 bits per heavy atom. The standard InChI is InChI=1S/C22H21ClN8O2/c23-14-9-26-21-19(27-14)13(8-25-21)20-29-15(7-16(30-20)31-6-5-24-10-31)28-18-12-3-1-11(2-4-12)17(18)22(32)33/h5-12,17-18H,1-4H2,(H,25,26)(H,32,33)(H,28,29,30)/t11?,12?,17-,18?/m0/s1. The fourth-order valence-corrected chi connectivity index (χ4v) is 5.51. The van der Waals surface area contributed by atoms with E-state index >= 15 is 0 Å². The quantitative estimate of drug-likeness (QED) is 0.408. The lowest BCUT2D eigenvalue weighted by Crippen LogP contribution is -2.51. The van der Waals surface area contributed by atoms with E-state index in [9.17, 15) is 9.90 Å².